The molecule has 6 heteroatoms. The van der Waals surface area contributed by atoms with Crippen LogP contribution in [0.4, 0.5) is 9.18 Å². The molecule has 0 saturated heterocycles. The molecule has 0 bridgehead atoms. The van der Waals surface area contributed by atoms with Crippen LogP contribution in [-0.4, -0.2) is 18.6 Å². The summed E-state index contributed by atoms with van der Waals surface area (Å²) in [6, 6.07) is 13.5. The zero-order chi connectivity index (χ0) is 17.8. The molecule has 2 N–H and O–H groups in total. The lowest BCUT2D eigenvalue weighted by atomic mass is 9.92. The summed E-state index contributed by atoms with van der Waals surface area (Å²) in [4.78, 5) is 24.7. The maximum absolute atomic E-state index is 14.3. The van der Waals surface area contributed by atoms with Crippen LogP contribution in [0.5, 0.6) is 0 Å². The van der Waals surface area contributed by atoms with E-state index in [-0.39, 0.29) is 17.7 Å². The van der Waals surface area contributed by atoms with E-state index in [1.54, 1.807) is 43.3 Å². The number of urea groups is 1. The molecular weight excluding hydrogens is 323 g/mol. The van der Waals surface area contributed by atoms with Crippen LogP contribution in [-0.2, 0) is 9.53 Å². The number of nitrogens with one attached hydrogen (secondary N) is 2. The van der Waals surface area contributed by atoms with Gasteiger partial charge in [0.15, 0.2) is 0 Å². The quantitative estimate of drug-likeness (QED) is 0.840. The summed E-state index contributed by atoms with van der Waals surface area (Å²) in [5.41, 5.74) is 1.32. The van der Waals surface area contributed by atoms with Crippen molar-refractivity contribution in [2.45, 2.75) is 13.0 Å². The lowest BCUT2D eigenvalue weighted by molar-refractivity contribution is -0.138. The van der Waals surface area contributed by atoms with Gasteiger partial charge < -0.3 is 15.4 Å². The van der Waals surface area contributed by atoms with Crippen molar-refractivity contribution in [3.05, 3.63) is 77.1 Å². The molecule has 0 saturated carbocycles. The average molecular weight is 340 g/mol. The standard InChI is InChI=1S/C19H17FN2O3/c1-2-25-18(23)15-16(12-8-4-3-5-9-12)21-19(24)22-17(15)13-10-6-7-11-14(13)20/h3-11,17H,2H2,1H3,(H2,21,22,24)/t17-/m1/s1. The van der Waals surface area contributed by atoms with Crippen LogP contribution in [0.15, 0.2) is 60.2 Å². The van der Waals surface area contributed by atoms with Crippen LogP contribution in [0.1, 0.15) is 24.1 Å². The van der Waals surface area contributed by atoms with E-state index >= 15 is 0 Å². The van der Waals surface area contributed by atoms with Crippen molar-refractivity contribution in [1.29, 1.82) is 0 Å². The molecule has 1 aliphatic rings. The van der Waals surface area contributed by atoms with Crippen LogP contribution in [0.2, 0.25) is 0 Å². The fourth-order valence-corrected chi connectivity index (χ4v) is 2.77. The molecule has 0 spiro atoms. The molecule has 5 nitrogen and oxygen atoms in total. The molecule has 0 aliphatic carbocycles. The molecule has 2 aromatic rings. The Morgan fingerprint density at radius 1 is 1.12 bits per heavy atom. The summed E-state index contributed by atoms with van der Waals surface area (Å²) in [6.45, 7) is 1.86. The fraction of sp³-hybridized carbons (Fsp3) is 0.158. The van der Waals surface area contributed by atoms with Gasteiger partial charge in [0.25, 0.3) is 0 Å². The monoisotopic (exact) mass is 340 g/mol. The second-order valence-corrected chi connectivity index (χ2v) is 5.43. The van der Waals surface area contributed by atoms with Gasteiger partial charge in [-0.05, 0) is 18.6 Å². The highest BCUT2D eigenvalue weighted by atomic mass is 19.1. The highest BCUT2D eigenvalue weighted by Crippen LogP contribution is 2.32. The van der Waals surface area contributed by atoms with Crippen LogP contribution in [0, 0.1) is 5.82 Å². The highest BCUT2D eigenvalue weighted by molar-refractivity contribution is 6.04. The van der Waals surface area contributed by atoms with Crippen molar-refractivity contribution in [2.75, 3.05) is 6.61 Å². The van der Waals surface area contributed by atoms with Crippen molar-refractivity contribution in [2.24, 2.45) is 0 Å². The molecular formula is C19H17FN2O3. The van der Waals surface area contributed by atoms with Gasteiger partial charge in [-0.25, -0.2) is 14.0 Å². The fourth-order valence-electron chi connectivity index (χ4n) is 2.77. The van der Waals surface area contributed by atoms with Crippen molar-refractivity contribution in [3.63, 3.8) is 0 Å². The first kappa shape index (κ1) is 16.7. The van der Waals surface area contributed by atoms with Gasteiger partial charge in [0.2, 0.25) is 0 Å². The lowest BCUT2D eigenvalue weighted by Gasteiger charge is -2.29. The zero-order valence-corrected chi connectivity index (χ0v) is 13.6. The van der Waals surface area contributed by atoms with Gasteiger partial charge in [0.1, 0.15) is 5.82 Å². The minimum Gasteiger partial charge on any atom is -0.463 e. The van der Waals surface area contributed by atoms with Crippen molar-refractivity contribution < 1.29 is 18.7 Å². The molecule has 0 aromatic heterocycles. The Balaban J connectivity index is 2.20. The van der Waals surface area contributed by atoms with Gasteiger partial charge >= 0.3 is 12.0 Å². The zero-order valence-electron chi connectivity index (χ0n) is 13.6. The van der Waals surface area contributed by atoms with E-state index in [9.17, 15) is 14.0 Å². The lowest BCUT2D eigenvalue weighted by Crippen LogP contribution is -2.45. The van der Waals surface area contributed by atoms with E-state index in [2.05, 4.69) is 10.6 Å². The summed E-state index contributed by atoms with van der Waals surface area (Å²) in [5.74, 6) is -1.12. The number of esters is 1. The van der Waals surface area contributed by atoms with Gasteiger partial charge in [-0.3, -0.25) is 0 Å². The average Bonchev–Trinajstić information content (AvgIpc) is 2.62. The first-order valence-corrected chi connectivity index (χ1v) is 7.90. The summed E-state index contributed by atoms with van der Waals surface area (Å²) in [5, 5.41) is 5.26. The largest absolute Gasteiger partial charge is 0.463 e. The summed E-state index contributed by atoms with van der Waals surface area (Å²) in [6.07, 6.45) is 0. The molecule has 2 amide bonds. The molecule has 0 unspecified atom stereocenters. The highest BCUT2D eigenvalue weighted by Gasteiger charge is 2.35. The Labute approximate surface area is 144 Å². The number of halogens is 1. The number of hydrogen-bond acceptors (Lipinski definition) is 3. The van der Waals surface area contributed by atoms with E-state index in [1.165, 1.54) is 12.1 Å². The predicted octanol–water partition coefficient (Wildman–Crippen LogP) is 3.15. The molecule has 0 fully saturated rings. The number of hydrogen-bond donors (Lipinski definition) is 2. The van der Waals surface area contributed by atoms with E-state index in [0.29, 0.717) is 11.3 Å². The van der Waals surface area contributed by atoms with Crippen LogP contribution < -0.4 is 10.6 Å². The first-order chi connectivity index (χ1) is 12.1. The molecule has 1 heterocycles. The van der Waals surface area contributed by atoms with Gasteiger partial charge in [0, 0.05) is 5.56 Å². The maximum Gasteiger partial charge on any atom is 0.338 e. The second kappa shape index (κ2) is 7.17. The third kappa shape index (κ3) is 3.38. The summed E-state index contributed by atoms with van der Waals surface area (Å²) >= 11 is 0. The Hall–Kier alpha value is -3.15. The summed E-state index contributed by atoms with van der Waals surface area (Å²) < 4.78 is 19.5. The molecule has 128 valence electrons. The van der Waals surface area contributed by atoms with Gasteiger partial charge in [-0.2, -0.15) is 0 Å². The van der Waals surface area contributed by atoms with E-state index in [0.717, 1.165) is 0 Å². The Morgan fingerprint density at radius 3 is 2.48 bits per heavy atom. The van der Waals surface area contributed by atoms with Gasteiger partial charge in [-0.1, -0.05) is 48.5 Å². The number of ether oxygens (including phenoxy) is 1. The molecule has 2 aromatic carbocycles. The van der Waals surface area contributed by atoms with Gasteiger partial charge in [-0.15, -0.1) is 0 Å². The molecule has 1 atom stereocenters. The third-order valence-electron chi connectivity index (χ3n) is 3.85. The van der Waals surface area contributed by atoms with Crippen molar-refractivity contribution >= 4 is 17.7 Å². The SMILES string of the molecule is CCOC(=O)C1=C(c2ccccc2)NC(=O)N[C@@H]1c1ccccc1F. The minimum absolute atomic E-state index is 0.165. The van der Waals surface area contributed by atoms with Gasteiger partial charge in [0.05, 0.1) is 23.9 Å². The van der Waals surface area contributed by atoms with Crippen LogP contribution in [0.3, 0.4) is 0 Å². The van der Waals surface area contributed by atoms with E-state index in [1.807, 2.05) is 6.07 Å². The number of benzene rings is 2. The smallest absolute Gasteiger partial charge is 0.338 e. The van der Waals surface area contributed by atoms with Crippen molar-refractivity contribution in [3.8, 4) is 0 Å². The Kier molecular flexibility index (Phi) is 4.79. The number of rotatable bonds is 4. The van der Waals surface area contributed by atoms with Crippen LogP contribution in [0.25, 0.3) is 5.70 Å². The maximum atomic E-state index is 14.3. The minimum atomic E-state index is -0.941. The van der Waals surface area contributed by atoms with Crippen molar-refractivity contribution in [1.82, 2.24) is 10.6 Å². The van der Waals surface area contributed by atoms with E-state index < -0.39 is 23.9 Å². The molecule has 25 heavy (non-hydrogen) atoms. The normalized spacial score (nSPS) is 16.9. The number of amides is 2. The third-order valence-corrected chi connectivity index (χ3v) is 3.85. The topological polar surface area (TPSA) is 67.4 Å². The Morgan fingerprint density at radius 2 is 1.80 bits per heavy atom. The molecule has 3 rings (SSSR count). The number of carbonyl (C=O) groups is 2. The predicted molar refractivity (Wildman–Crippen MR) is 90.8 cm³/mol. The second-order valence-electron chi connectivity index (χ2n) is 5.43. The van der Waals surface area contributed by atoms with Crippen LogP contribution >= 0.6 is 0 Å². The Bertz CT molecular complexity index is 834. The molecule has 0 radical (unpaired) electrons. The molecule has 1 aliphatic heterocycles. The first-order valence-electron chi connectivity index (χ1n) is 7.90. The number of carbonyl (C=O) groups excluding carboxylic acids is 2. The summed E-state index contributed by atoms with van der Waals surface area (Å²) in [7, 11) is 0. The van der Waals surface area contributed by atoms with E-state index in [4.69, 9.17) is 4.74 Å².